The lowest BCUT2D eigenvalue weighted by Gasteiger charge is -2.16. The maximum atomic E-state index is 11.9. The van der Waals surface area contributed by atoms with Gasteiger partial charge in [0.05, 0.1) is 17.0 Å². The third-order valence-corrected chi connectivity index (χ3v) is 5.36. The largest absolute Gasteiger partial charge is 0.304 e. The summed E-state index contributed by atoms with van der Waals surface area (Å²) in [6.45, 7) is 1.56. The maximum Gasteiger partial charge on any atom is 0.299 e. The Morgan fingerprint density at radius 1 is 1.26 bits per heavy atom. The Kier molecular flexibility index (Phi) is 3.78. The van der Waals surface area contributed by atoms with Gasteiger partial charge in [-0.3, -0.25) is 9.59 Å². The van der Waals surface area contributed by atoms with E-state index in [0.717, 1.165) is 0 Å². The number of benzene rings is 1. The molecule has 0 radical (unpaired) electrons. The number of Topliss-reactive ketones (excluding diaryl/α,β-unsaturated/α-hetero) is 1. The van der Waals surface area contributed by atoms with Gasteiger partial charge in [-0.25, -0.2) is 8.42 Å². The summed E-state index contributed by atoms with van der Waals surface area (Å²) in [6, 6.07) is 5.02. The highest BCUT2D eigenvalue weighted by Crippen LogP contribution is 2.34. The lowest BCUT2D eigenvalue weighted by Crippen LogP contribution is -2.34. The molecule has 1 heterocycles. The predicted molar refractivity (Wildman–Crippen MR) is 75.2 cm³/mol. The van der Waals surface area contributed by atoms with Crippen molar-refractivity contribution in [3.05, 3.63) is 28.2 Å². The van der Waals surface area contributed by atoms with Crippen LogP contribution < -0.4 is 4.90 Å². The number of hydrogen-bond acceptors (Lipinski definition) is 4. The molecule has 1 amide bonds. The molecule has 0 spiro atoms. The molecule has 0 atom stereocenters. The van der Waals surface area contributed by atoms with Gasteiger partial charge >= 0.3 is 0 Å². The summed E-state index contributed by atoms with van der Waals surface area (Å²) in [7, 11) is -3.18. The minimum Gasteiger partial charge on any atom is -0.304 e. The van der Waals surface area contributed by atoms with E-state index in [9.17, 15) is 18.0 Å². The first kappa shape index (κ1) is 14.2. The fourth-order valence-electron chi connectivity index (χ4n) is 1.90. The third-order valence-electron chi connectivity index (χ3n) is 3.01. The number of carbonyl (C=O) groups is 2. The van der Waals surface area contributed by atoms with Gasteiger partial charge in [0, 0.05) is 16.8 Å². The first-order chi connectivity index (χ1) is 8.87. The van der Waals surface area contributed by atoms with E-state index < -0.39 is 21.5 Å². The van der Waals surface area contributed by atoms with Crippen LogP contribution in [-0.2, 0) is 14.6 Å². The van der Waals surface area contributed by atoms with Crippen molar-refractivity contribution >= 4 is 43.1 Å². The first-order valence-electron chi connectivity index (χ1n) is 5.72. The van der Waals surface area contributed by atoms with E-state index in [1.807, 2.05) is 0 Å². The average Bonchev–Trinajstić information content (AvgIpc) is 2.61. The second-order valence-electron chi connectivity index (χ2n) is 4.16. The average molecular weight is 346 g/mol. The van der Waals surface area contributed by atoms with Crippen molar-refractivity contribution in [3.8, 4) is 0 Å². The van der Waals surface area contributed by atoms with Gasteiger partial charge < -0.3 is 4.90 Å². The number of hydrogen-bond donors (Lipinski definition) is 0. The van der Waals surface area contributed by atoms with Crippen LogP contribution in [0.15, 0.2) is 22.7 Å². The van der Waals surface area contributed by atoms with Crippen LogP contribution in [0, 0.1) is 0 Å². The molecule has 1 aliphatic rings. The van der Waals surface area contributed by atoms with Crippen LogP contribution in [0.4, 0.5) is 5.69 Å². The van der Waals surface area contributed by atoms with E-state index in [4.69, 9.17) is 0 Å². The summed E-state index contributed by atoms with van der Waals surface area (Å²) in [5.74, 6) is -1.40. The summed E-state index contributed by atoms with van der Waals surface area (Å²) in [5, 5.41) is 0. The Bertz CT molecular complexity index is 654. The van der Waals surface area contributed by atoms with Gasteiger partial charge in [-0.05, 0) is 28.1 Å². The van der Waals surface area contributed by atoms with Crippen LogP contribution in [0.1, 0.15) is 17.3 Å². The summed E-state index contributed by atoms with van der Waals surface area (Å²) < 4.78 is 23.5. The van der Waals surface area contributed by atoms with Gasteiger partial charge in [0.1, 0.15) is 0 Å². The highest BCUT2D eigenvalue weighted by molar-refractivity contribution is 9.10. The SMILES string of the molecule is CCS(=O)(=O)CCN1C(=O)C(=O)c2c(Br)cccc21. The van der Waals surface area contributed by atoms with Gasteiger partial charge in [0.15, 0.2) is 9.84 Å². The molecular weight excluding hydrogens is 334 g/mol. The van der Waals surface area contributed by atoms with E-state index in [1.54, 1.807) is 25.1 Å². The highest BCUT2D eigenvalue weighted by Gasteiger charge is 2.37. The maximum absolute atomic E-state index is 11.9. The molecule has 0 bridgehead atoms. The molecule has 0 unspecified atom stereocenters. The molecule has 0 saturated carbocycles. The van der Waals surface area contributed by atoms with Gasteiger partial charge in [0.25, 0.3) is 11.7 Å². The molecule has 1 aromatic rings. The summed E-state index contributed by atoms with van der Waals surface area (Å²) in [6.07, 6.45) is 0. The van der Waals surface area contributed by atoms with Crippen molar-refractivity contribution in [2.75, 3.05) is 23.0 Å². The second-order valence-corrected chi connectivity index (χ2v) is 7.48. The number of sulfone groups is 1. The van der Waals surface area contributed by atoms with Crippen LogP contribution in [0.3, 0.4) is 0 Å². The minimum atomic E-state index is -3.18. The fourth-order valence-corrected chi connectivity index (χ4v) is 3.18. The molecule has 0 fully saturated rings. The molecule has 1 aromatic carbocycles. The van der Waals surface area contributed by atoms with E-state index in [0.29, 0.717) is 15.7 Å². The molecule has 19 heavy (non-hydrogen) atoms. The Hall–Kier alpha value is -1.21. The smallest absolute Gasteiger partial charge is 0.299 e. The summed E-state index contributed by atoms with van der Waals surface area (Å²) in [5.41, 5.74) is 0.775. The predicted octanol–water partition coefficient (Wildman–Crippen LogP) is 1.41. The van der Waals surface area contributed by atoms with Crippen LogP contribution in [0.2, 0.25) is 0 Å². The molecule has 0 N–H and O–H groups in total. The van der Waals surface area contributed by atoms with Crippen LogP contribution in [0.5, 0.6) is 0 Å². The monoisotopic (exact) mass is 345 g/mol. The Balaban J connectivity index is 2.32. The molecule has 7 heteroatoms. The topological polar surface area (TPSA) is 71.5 Å². The molecule has 102 valence electrons. The quantitative estimate of drug-likeness (QED) is 0.773. The van der Waals surface area contributed by atoms with Gasteiger partial charge in [0.2, 0.25) is 0 Å². The van der Waals surface area contributed by atoms with Crippen molar-refractivity contribution in [2.45, 2.75) is 6.92 Å². The molecular formula is C12H12BrNO4S. The molecule has 1 aliphatic heterocycles. The zero-order chi connectivity index (χ0) is 14.2. The second kappa shape index (κ2) is 5.05. The number of amides is 1. The Morgan fingerprint density at radius 3 is 2.58 bits per heavy atom. The number of fused-ring (bicyclic) bond motifs is 1. The minimum absolute atomic E-state index is 0.00417. The number of anilines is 1. The van der Waals surface area contributed by atoms with Crippen molar-refractivity contribution < 1.29 is 18.0 Å². The molecule has 0 aliphatic carbocycles. The molecule has 0 aromatic heterocycles. The van der Waals surface area contributed by atoms with E-state index in [-0.39, 0.29) is 18.1 Å². The van der Waals surface area contributed by atoms with E-state index >= 15 is 0 Å². The number of ketones is 1. The fraction of sp³-hybridized carbons (Fsp3) is 0.333. The normalized spacial score (nSPS) is 14.9. The lowest BCUT2D eigenvalue weighted by atomic mass is 10.1. The number of halogens is 1. The van der Waals surface area contributed by atoms with Gasteiger partial charge in [-0.2, -0.15) is 0 Å². The van der Waals surface area contributed by atoms with E-state index in [1.165, 1.54) is 4.90 Å². The van der Waals surface area contributed by atoms with E-state index in [2.05, 4.69) is 15.9 Å². The van der Waals surface area contributed by atoms with Crippen molar-refractivity contribution in [2.24, 2.45) is 0 Å². The zero-order valence-electron chi connectivity index (χ0n) is 10.2. The van der Waals surface area contributed by atoms with Crippen molar-refractivity contribution in [1.82, 2.24) is 0 Å². The van der Waals surface area contributed by atoms with Gasteiger partial charge in [-0.15, -0.1) is 0 Å². The van der Waals surface area contributed by atoms with Crippen molar-refractivity contribution in [3.63, 3.8) is 0 Å². The molecule has 2 rings (SSSR count). The number of rotatable bonds is 4. The molecule has 5 nitrogen and oxygen atoms in total. The van der Waals surface area contributed by atoms with Crippen LogP contribution in [0.25, 0.3) is 0 Å². The standard InChI is InChI=1S/C12H12BrNO4S/c1-2-19(17,18)7-6-14-9-5-3-4-8(13)10(9)11(15)12(14)16/h3-5H,2,6-7H2,1H3. The molecule has 0 saturated heterocycles. The third kappa shape index (κ3) is 2.57. The first-order valence-corrected chi connectivity index (χ1v) is 8.34. The van der Waals surface area contributed by atoms with Crippen LogP contribution >= 0.6 is 15.9 Å². The van der Waals surface area contributed by atoms with Crippen molar-refractivity contribution in [1.29, 1.82) is 0 Å². The Labute approximate surface area is 119 Å². The zero-order valence-corrected chi connectivity index (χ0v) is 12.6. The summed E-state index contributed by atoms with van der Waals surface area (Å²) >= 11 is 3.23. The highest BCUT2D eigenvalue weighted by atomic mass is 79.9. The van der Waals surface area contributed by atoms with Gasteiger partial charge in [-0.1, -0.05) is 13.0 Å². The van der Waals surface area contributed by atoms with Crippen LogP contribution in [-0.4, -0.2) is 38.2 Å². The number of carbonyl (C=O) groups excluding carboxylic acids is 2. The summed E-state index contributed by atoms with van der Waals surface area (Å²) in [4.78, 5) is 25.0. The Morgan fingerprint density at radius 2 is 1.95 bits per heavy atom. The lowest BCUT2D eigenvalue weighted by molar-refractivity contribution is -0.114. The number of nitrogens with zero attached hydrogens (tertiary/aromatic N) is 1.